The van der Waals surface area contributed by atoms with E-state index in [2.05, 4.69) is 10.3 Å². The normalized spacial score (nSPS) is 12.0. The van der Waals surface area contributed by atoms with E-state index in [9.17, 15) is 18.0 Å². The van der Waals surface area contributed by atoms with Crippen LogP contribution in [0.25, 0.3) is 27.6 Å². The maximum Gasteiger partial charge on any atom is 0.418 e. The van der Waals surface area contributed by atoms with Crippen molar-refractivity contribution < 1.29 is 18.0 Å². The Kier molecular flexibility index (Phi) is 5.38. The largest absolute Gasteiger partial charge is 0.418 e. The Morgan fingerprint density at radius 1 is 1.00 bits per heavy atom. The highest BCUT2D eigenvalue weighted by Gasteiger charge is 2.34. The Hall–Kier alpha value is -3.30. The minimum absolute atomic E-state index is 0.0653. The van der Waals surface area contributed by atoms with Gasteiger partial charge in [-0.2, -0.15) is 13.2 Å². The van der Waals surface area contributed by atoms with Gasteiger partial charge in [-0.3, -0.25) is 9.20 Å². The number of fused-ring (bicyclic) bond motifs is 5. The number of carbonyl (C=O) groups is 1. The third kappa shape index (κ3) is 4.09. The summed E-state index contributed by atoms with van der Waals surface area (Å²) in [5.74, 6) is -0.743. The van der Waals surface area contributed by atoms with E-state index in [1.54, 1.807) is 0 Å². The molecule has 166 valence electrons. The highest BCUT2D eigenvalue weighted by Crippen LogP contribution is 2.36. The fourth-order valence-corrected chi connectivity index (χ4v) is 4.57. The van der Waals surface area contributed by atoms with Crippen molar-refractivity contribution >= 4 is 62.5 Å². The van der Waals surface area contributed by atoms with Crippen LogP contribution in [0.2, 0.25) is 5.02 Å². The quantitative estimate of drug-likeness (QED) is 0.234. The van der Waals surface area contributed by atoms with Gasteiger partial charge in [0.1, 0.15) is 5.65 Å². The second-order valence-corrected chi connectivity index (χ2v) is 8.57. The summed E-state index contributed by atoms with van der Waals surface area (Å²) in [5.41, 5.74) is 1.66. The van der Waals surface area contributed by atoms with Crippen LogP contribution in [0.3, 0.4) is 0 Å². The van der Waals surface area contributed by atoms with E-state index in [-0.39, 0.29) is 16.5 Å². The van der Waals surface area contributed by atoms with Crippen molar-refractivity contribution in [1.82, 2.24) is 14.4 Å². The fraction of sp³-hybridized carbons (Fsp3) is 0.0870. The predicted molar refractivity (Wildman–Crippen MR) is 124 cm³/mol. The van der Waals surface area contributed by atoms with Crippen molar-refractivity contribution in [1.29, 1.82) is 0 Å². The number of anilines is 1. The monoisotopic (exact) mass is 486 g/mol. The van der Waals surface area contributed by atoms with E-state index < -0.39 is 17.6 Å². The molecule has 0 aliphatic carbocycles. The summed E-state index contributed by atoms with van der Waals surface area (Å²) in [6.07, 6.45) is -4.65. The summed E-state index contributed by atoms with van der Waals surface area (Å²) in [5, 5.41) is 3.65. The topological polar surface area (TPSA) is 59.3 Å². The molecule has 0 spiro atoms. The summed E-state index contributed by atoms with van der Waals surface area (Å²) in [4.78, 5) is 22.0. The number of hydrogen-bond donors (Lipinski definition) is 1. The molecule has 0 aliphatic rings. The van der Waals surface area contributed by atoms with Gasteiger partial charge >= 0.3 is 6.18 Å². The zero-order valence-corrected chi connectivity index (χ0v) is 18.3. The number of nitrogens with zero attached hydrogens (tertiary/aromatic N) is 3. The number of hydrogen-bond acceptors (Lipinski definition) is 4. The van der Waals surface area contributed by atoms with Gasteiger partial charge in [0.25, 0.3) is 0 Å². The number of imidazole rings is 1. The van der Waals surface area contributed by atoms with Crippen LogP contribution in [0.5, 0.6) is 0 Å². The first-order valence-electron chi connectivity index (χ1n) is 9.76. The van der Waals surface area contributed by atoms with Gasteiger partial charge in [-0.15, -0.1) is 0 Å². The van der Waals surface area contributed by atoms with Gasteiger partial charge < -0.3 is 5.32 Å². The molecule has 0 saturated heterocycles. The molecule has 10 heteroatoms. The van der Waals surface area contributed by atoms with Gasteiger partial charge in [-0.1, -0.05) is 47.6 Å². The molecule has 0 saturated carbocycles. The molecule has 0 bridgehead atoms. The number of alkyl halides is 3. The first kappa shape index (κ1) is 21.5. The van der Waals surface area contributed by atoms with E-state index >= 15 is 0 Å². The molecule has 2 aromatic heterocycles. The maximum absolute atomic E-state index is 13.3. The lowest BCUT2D eigenvalue weighted by Crippen LogP contribution is -2.18. The molecular weight excluding hydrogens is 473 g/mol. The van der Waals surface area contributed by atoms with Crippen molar-refractivity contribution in [2.75, 3.05) is 11.1 Å². The zero-order valence-electron chi connectivity index (χ0n) is 16.7. The molecule has 0 unspecified atom stereocenters. The molecule has 2 heterocycles. The third-order valence-corrected chi connectivity index (χ3v) is 6.18. The van der Waals surface area contributed by atoms with Crippen molar-refractivity contribution in [2.24, 2.45) is 0 Å². The molecule has 3 aromatic carbocycles. The Bertz CT molecular complexity index is 1530. The molecule has 33 heavy (non-hydrogen) atoms. The number of amides is 1. The third-order valence-electron chi connectivity index (χ3n) is 5.01. The van der Waals surface area contributed by atoms with Crippen LogP contribution < -0.4 is 5.32 Å². The first-order chi connectivity index (χ1) is 15.8. The summed E-state index contributed by atoms with van der Waals surface area (Å²) < 4.78 is 41.8. The average Bonchev–Trinajstić information content (AvgIpc) is 3.18. The number of aromatic nitrogens is 3. The predicted octanol–water partition coefficient (Wildman–Crippen LogP) is 6.44. The summed E-state index contributed by atoms with van der Waals surface area (Å²) in [7, 11) is 0. The Morgan fingerprint density at radius 3 is 2.52 bits per heavy atom. The van der Waals surface area contributed by atoms with E-state index in [0.717, 1.165) is 40.3 Å². The smallest absolute Gasteiger partial charge is 0.325 e. The zero-order chi connectivity index (χ0) is 23.2. The van der Waals surface area contributed by atoms with E-state index in [4.69, 9.17) is 16.6 Å². The summed E-state index contributed by atoms with van der Waals surface area (Å²) >= 11 is 6.83. The lowest BCUT2D eigenvalue weighted by atomic mass is 10.1. The molecule has 5 nitrogen and oxygen atoms in total. The molecule has 0 atom stereocenters. The van der Waals surface area contributed by atoms with Gasteiger partial charge in [-0.25, -0.2) is 9.97 Å². The summed E-state index contributed by atoms with van der Waals surface area (Å²) in [6.45, 7) is 0. The van der Waals surface area contributed by atoms with E-state index in [1.165, 1.54) is 6.07 Å². The number of carbonyl (C=O) groups excluding carboxylic acids is 1. The molecule has 0 fully saturated rings. The van der Waals surface area contributed by atoms with Crippen LogP contribution in [-0.4, -0.2) is 26.0 Å². The number of thioether (sulfide) groups is 1. The fourth-order valence-electron chi connectivity index (χ4n) is 3.59. The van der Waals surface area contributed by atoms with Gasteiger partial charge in [0.2, 0.25) is 5.91 Å². The Labute approximate surface area is 194 Å². The number of halogens is 4. The van der Waals surface area contributed by atoms with Crippen LogP contribution in [0.4, 0.5) is 18.9 Å². The standard InChI is InChI=1S/C23H14ClF3N4OS/c24-13-9-10-17(15(11-13)23(25,26)27)28-20(32)12-33-22-30-16-6-2-1-5-14(16)21-29-18-7-3-4-8-19(18)31(21)22/h1-11H,12H2,(H,28,32). The molecule has 1 N–H and O–H groups in total. The lowest BCUT2D eigenvalue weighted by Gasteiger charge is -2.14. The number of benzene rings is 3. The number of nitrogens with one attached hydrogen (secondary N) is 1. The van der Waals surface area contributed by atoms with Crippen LogP contribution in [0.15, 0.2) is 71.9 Å². The van der Waals surface area contributed by atoms with Gasteiger partial charge in [-0.05, 0) is 42.5 Å². The van der Waals surface area contributed by atoms with Gasteiger partial charge in [0.15, 0.2) is 5.16 Å². The maximum atomic E-state index is 13.3. The van der Waals surface area contributed by atoms with Crippen LogP contribution in [-0.2, 0) is 11.0 Å². The summed E-state index contributed by atoms with van der Waals surface area (Å²) in [6, 6.07) is 18.3. The Balaban J connectivity index is 1.48. The molecular formula is C23H14ClF3N4OS. The van der Waals surface area contributed by atoms with Crippen LogP contribution in [0.1, 0.15) is 5.56 Å². The number of para-hydroxylation sites is 3. The van der Waals surface area contributed by atoms with E-state index in [0.29, 0.717) is 16.3 Å². The van der Waals surface area contributed by atoms with Gasteiger partial charge in [0, 0.05) is 10.4 Å². The second kappa shape index (κ2) is 8.24. The van der Waals surface area contributed by atoms with Crippen molar-refractivity contribution in [3.63, 3.8) is 0 Å². The average molecular weight is 487 g/mol. The number of rotatable bonds is 4. The van der Waals surface area contributed by atoms with Crippen molar-refractivity contribution in [2.45, 2.75) is 11.3 Å². The molecule has 1 amide bonds. The SMILES string of the molecule is O=C(CSc1nc2ccccc2c2nc3ccccc3n12)Nc1ccc(Cl)cc1C(F)(F)F. The van der Waals surface area contributed by atoms with Crippen LogP contribution >= 0.6 is 23.4 Å². The molecule has 0 aliphatic heterocycles. The Morgan fingerprint density at radius 2 is 1.73 bits per heavy atom. The molecule has 5 aromatic rings. The highest BCUT2D eigenvalue weighted by molar-refractivity contribution is 7.99. The van der Waals surface area contributed by atoms with Crippen molar-refractivity contribution in [3.05, 3.63) is 77.3 Å². The minimum atomic E-state index is -4.65. The minimum Gasteiger partial charge on any atom is -0.325 e. The first-order valence-corrected chi connectivity index (χ1v) is 11.1. The lowest BCUT2D eigenvalue weighted by molar-refractivity contribution is -0.137. The van der Waals surface area contributed by atoms with Crippen LogP contribution in [0, 0.1) is 0 Å². The second-order valence-electron chi connectivity index (χ2n) is 7.20. The van der Waals surface area contributed by atoms with E-state index in [1.807, 2.05) is 52.9 Å². The van der Waals surface area contributed by atoms with Crippen molar-refractivity contribution in [3.8, 4) is 0 Å². The highest BCUT2D eigenvalue weighted by atomic mass is 35.5. The molecule has 5 rings (SSSR count). The molecule has 0 radical (unpaired) electrons. The van der Waals surface area contributed by atoms with Gasteiger partial charge in [0.05, 0.1) is 33.6 Å².